The molecule has 2 N–H and O–H groups in total. The third-order valence-corrected chi connectivity index (χ3v) is 3.49. The average Bonchev–Trinajstić information content (AvgIpc) is 2.48. The zero-order valence-corrected chi connectivity index (χ0v) is 13.6. The number of anilines is 1. The Bertz CT molecular complexity index is 666. The Morgan fingerprint density at radius 1 is 1.27 bits per heavy atom. The van der Waals surface area contributed by atoms with E-state index in [0.717, 1.165) is 17.0 Å². The zero-order chi connectivity index (χ0) is 15.9. The fraction of sp³-hybridized carbons (Fsp3) is 0.188. The number of hydrogen-bond donors (Lipinski definition) is 2. The number of para-hydroxylation sites is 2. The van der Waals surface area contributed by atoms with Crippen LogP contribution >= 0.6 is 23.8 Å². The second-order valence-corrected chi connectivity index (χ2v) is 5.29. The minimum atomic E-state index is -0.361. The van der Waals surface area contributed by atoms with Gasteiger partial charge in [-0.3, -0.25) is 0 Å². The molecule has 3 nitrogen and oxygen atoms in total. The zero-order valence-electron chi connectivity index (χ0n) is 12.0. The van der Waals surface area contributed by atoms with Crippen molar-refractivity contribution >= 4 is 34.6 Å². The van der Waals surface area contributed by atoms with Crippen LogP contribution in [-0.4, -0.2) is 11.7 Å². The van der Waals surface area contributed by atoms with Crippen LogP contribution in [0.3, 0.4) is 0 Å². The molecule has 0 aliphatic rings. The first kappa shape index (κ1) is 16.5. The fourth-order valence-electron chi connectivity index (χ4n) is 1.86. The molecule has 0 radical (unpaired) electrons. The molecule has 0 amide bonds. The first-order valence-corrected chi connectivity index (χ1v) is 7.59. The third-order valence-electron chi connectivity index (χ3n) is 2.89. The second kappa shape index (κ2) is 7.96. The van der Waals surface area contributed by atoms with E-state index in [1.165, 1.54) is 12.1 Å². The van der Waals surface area contributed by atoms with Crippen LogP contribution in [0.1, 0.15) is 12.5 Å². The van der Waals surface area contributed by atoms with Crippen molar-refractivity contribution < 1.29 is 9.13 Å². The van der Waals surface area contributed by atoms with E-state index < -0.39 is 0 Å². The Morgan fingerprint density at radius 3 is 2.77 bits per heavy atom. The lowest BCUT2D eigenvalue weighted by atomic mass is 10.2. The molecule has 0 bridgehead atoms. The van der Waals surface area contributed by atoms with Crippen LogP contribution in [0.2, 0.25) is 5.02 Å². The highest BCUT2D eigenvalue weighted by Crippen LogP contribution is 2.23. The van der Waals surface area contributed by atoms with E-state index in [4.69, 9.17) is 28.6 Å². The molecule has 116 valence electrons. The summed E-state index contributed by atoms with van der Waals surface area (Å²) >= 11 is 11.2. The molecule has 0 saturated heterocycles. The van der Waals surface area contributed by atoms with Gasteiger partial charge in [-0.15, -0.1) is 0 Å². The molecule has 22 heavy (non-hydrogen) atoms. The number of hydrogen-bond acceptors (Lipinski definition) is 2. The van der Waals surface area contributed by atoms with E-state index in [1.807, 2.05) is 31.2 Å². The molecule has 0 saturated carbocycles. The standard InChI is InChI=1S/C16H16ClFN2OS/c1-2-21-15-6-4-3-5-14(15)20-16(22)19-10-11-7-8-12(18)9-13(11)17/h3-9H,2,10H2,1H3,(H2,19,20,22). The van der Waals surface area contributed by atoms with Crippen molar-refractivity contribution in [3.05, 3.63) is 58.9 Å². The SMILES string of the molecule is CCOc1ccccc1NC(=S)NCc1ccc(F)cc1Cl. The van der Waals surface area contributed by atoms with Crippen LogP contribution in [0.15, 0.2) is 42.5 Å². The van der Waals surface area contributed by atoms with Crippen molar-refractivity contribution in [3.63, 3.8) is 0 Å². The van der Waals surface area contributed by atoms with Gasteiger partial charge in [0.1, 0.15) is 11.6 Å². The van der Waals surface area contributed by atoms with Gasteiger partial charge in [0.05, 0.1) is 12.3 Å². The van der Waals surface area contributed by atoms with Crippen molar-refractivity contribution in [2.75, 3.05) is 11.9 Å². The van der Waals surface area contributed by atoms with E-state index in [2.05, 4.69) is 10.6 Å². The molecule has 2 aromatic carbocycles. The largest absolute Gasteiger partial charge is 0.492 e. The molecular weight excluding hydrogens is 323 g/mol. The van der Waals surface area contributed by atoms with Crippen LogP contribution in [0.5, 0.6) is 5.75 Å². The molecule has 0 aromatic heterocycles. The molecule has 0 aliphatic carbocycles. The van der Waals surface area contributed by atoms with E-state index in [-0.39, 0.29) is 5.82 Å². The van der Waals surface area contributed by atoms with Crippen molar-refractivity contribution in [2.45, 2.75) is 13.5 Å². The predicted octanol–water partition coefficient (Wildman–Crippen LogP) is 4.36. The highest BCUT2D eigenvalue weighted by molar-refractivity contribution is 7.80. The Morgan fingerprint density at radius 2 is 2.05 bits per heavy atom. The molecule has 6 heteroatoms. The maximum Gasteiger partial charge on any atom is 0.171 e. The lowest BCUT2D eigenvalue weighted by Gasteiger charge is -2.14. The summed E-state index contributed by atoms with van der Waals surface area (Å²) in [6.45, 7) is 2.90. The van der Waals surface area contributed by atoms with E-state index >= 15 is 0 Å². The maximum absolute atomic E-state index is 13.0. The van der Waals surface area contributed by atoms with Crippen molar-refractivity contribution in [3.8, 4) is 5.75 Å². The van der Waals surface area contributed by atoms with Crippen LogP contribution in [0.25, 0.3) is 0 Å². The van der Waals surface area contributed by atoms with Crippen LogP contribution in [0, 0.1) is 5.82 Å². The number of halogens is 2. The van der Waals surface area contributed by atoms with Crippen molar-refractivity contribution in [1.82, 2.24) is 5.32 Å². The molecule has 0 aliphatic heterocycles. The monoisotopic (exact) mass is 338 g/mol. The number of rotatable bonds is 5. The van der Waals surface area contributed by atoms with Crippen molar-refractivity contribution in [1.29, 1.82) is 0 Å². The highest BCUT2D eigenvalue weighted by Gasteiger charge is 2.06. The van der Waals surface area contributed by atoms with Gasteiger partial charge in [0.2, 0.25) is 0 Å². The fourth-order valence-corrected chi connectivity index (χ4v) is 2.27. The lowest BCUT2D eigenvalue weighted by molar-refractivity contribution is 0.342. The van der Waals surface area contributed by atoms with Gasteiger partial charge in [-0.05, 0) is 49.0 Å². The summed E-state index contributed by atoms with van der Waals surface area (Å²) < 4.78 is 18.5. The summed E-state index contributed by atoms with van der Waals surface area (Å²) in [5, 5.41) is 6.91. The lowest BCUT2D eigenvalue weighted by Crippen LogP contribution is -2.28. The molecule has 2 rings (SSSR count). The summed E-state index contributed by atoms with van der Waals surface area (Å²) in [6.07, 6.45) is 0. The first-order valence-electron chi connectivity index (χ1n) is 6.80. The summed E-state index contributed by atoms with van der Waals surface area (Å²) in [5.41, 5.74) is 1.55. The number of ether oxygens (including phenoxy) is 1. The summed E-state index contributed by atoms with van der Waals surface area (Å²) in [5.74, 6) is 0.369. The highest BCUT2D eigenvalue weighted by atomic mass is 35.5. The minimum Gasteiger partial charge on any atom is -0.492 e. The van der Waals surface area contributed by atoms with Crippen LogP contribution in [-0.2, 0) is 6.54 Å². The average molecular weight is 339 g/mol. The van der Waals surface area contributed by atoms with Crippen LogP contribution < -0.4 is 15.4 Å². The van der Waals surface area contributed by atoms with Gasteiger partial charge in [-0.2, -0.15) is 0 Å². The Labute approximate surface area is 139 Å². The Hall–Kier alpha value is -1.85. The number of nitrogens with one attached hydrogen (secondary N) is 2. The van der Waals surface area contributed by atoms with E-state index in [1.54, 1.807) is 6.07 Å². The van der Waals surface area contributed by atoms with Gasteiger partial charge in [0.15, 0.2) is 5.11 Å². The first-order chi connectivity index (χ1) is 10.6. The molecule has 0 atom stereocenters. The topological polar surface area (TPSA) is 33.3 Å². The molecular formula is C16H16ClFN2OS. The van der Waals surface area contributed by atoms with Gasteiger partial charge in [-0.25, -0.2) is 4.39 Å². The van der Waals surface area contributed by atoms with Gasteiger partial charge < -0.3 is 15.4 Å². The van der Waals surface area contributed by atoms with E-state index in [0.29, 0.717) is 23.3 Å². The molecule has 0 fully saturated rings. The Kier molecular flexibility index (Phi) is 5.98. The maximum atomic E-state index is 13.0. The minimum absolute atomic E-state index is 0.361. The number of benzene rings is 2. The summed E-state index contributed by atoms with van der Waals surface area (Å²) in [7, 11) is 0. The molecule has 2 aromatic rings. The van der Waals surface area contributed by atoms with Gasteiger partial charge >= 0.3 is 0 Å². The number of thiocarbonyl (C=S) groups is 1. The van der Waals surface area contributed by atoms with Gasteiger partial charge in [0.25, 0.3) is 0 Å². The van der Waals surface area contributed by atoms with E-state index in [9.17, 15) is 4.39 Å². The smallest absolute Gasteiger partial charge is 0.171 e. The van der Waals surface area contributed by atoms with Crippen LogP contribution in [0.4, 0.5) is 10.1 Å². The summed E-state index contributed by atoms with van der Waals surface area (Å²) in [4.78, 5) is 0. The Balaban J connectivity index is 1.96. The normalized spacial score (nSPS) is 10.1. The quantitative estimate of drug-likeness (QED) is 0.793. The third kappa shape index (κ3) is 4.58. The molecule has 0 heterocycles. The predicted molar refractivity (Wildman–Crippen MR) is 92.1 cm³/mol. The molecule has 0 spiro atoms. The van der Waals surface area contributed by atoms with Gasteiger partial charge in [0, 0.05) is 11.6 Å². The summed E-state index contributed by atoms with van der Waals surface area (Å²) in [6, 6.07) is 11.8. The molecule has 0 unspecified atom stereocenters. The van der Waals surface area contributed by atoms with Gasteiger partial charge in [-0.1, -0.05) is 29.8 Å². The second-order valence-electron chi connectivity index (χ2n) is 4.47. The van der Waals surface area contributed by atoms with Crippen molar-refractivity contribution in [2.24, 2.45) is 0 Å².